The zero-order valence-corrected chi connectivity index (χ0v) is 11.8. The normalized spacial score (nSPS) is 16.1. The number of carboxylic acids is 1. The van der Waals surface area contributed by atoms with Crippen molar-refractivity contribution in [3.63, 3.8) is 0 Å². The van der Waals surface area contributed by atoms with E-state index in [1.807, 2.05) is 24.3 Å². The quantitative estimate of drug-likeness (QED) is 0.716. The van der Waals surface area contributed by atoms with E-state index in [0.29, 0.717) is 12.5 Å². The Labute approximate surface area is 117 Å². The fourth-order valence-corrected chi connectivity index (χ4v) is 2.88. The Balaban J connectivity index is 1.82. The Morgan fingerprint density at radius 2 is 2.26 bits per heavy atom. The fourth-order valence-electron chi connectivity index (χ4n) is 1.84. The molecule has 0 bridgehead atoms. The molecule has 1 saturated carbocycles. The van der Waals surface area contributed by atoms with Crippen molar-refractivity contribution in [2.24, 2.45) is 0 Å². The predicted molar refractivity (Wildman–Crippen MR) is 75.9 cm³/mol. The van der Waals surface area contributed by atoms with Gasteiger partial charge in [-0.1, -0.05) is 12.1 Å². The van der Waals surface area contributed by atoms with Crippen LogP contribution in [0.1, 0.15) is 19.3 Å². The molecule has 0 aromatic heterocycles. The summed E-state index contributed by atoms with van der Waals surface area (Å²) < 4.78 is 5.27. The summed E-state index contributed by atoms with van der Waals surface area (Å²) in [5.41, 5.74) is 0. The van der Waals surface area contributed by atoms with E-state index in [1.54, 1.807) is 18.9 Å². The lowest BCUT2D eigenvalue weighted by Gasteiger charge is -2.14. The lowest BCUT2D eigenvalue weighted by Crippen LogP contribution is -2.38. The van der Waals surface area contributed by atoms with Crippen LogP contribution in [0.4, 0.5) is 0 Å². The number of para-hydroxylation sites is 1. The summed E-state index contributed by atoms with van der Waals surface area (Å²) >= 11 is 1.64. The molecule has 5 heteroatoms. The molecule has 1 aromatic rings. The molecule has 0 spiro atoms. The fraction of sp³-hybridized carbons (Fsp3) is 0.500. The van der Waals surface area contributed by atoms with Crippen molar-refractivity contribution in [3.05, 3.63) is 24.3 Å². The lowest BCUT2D eigenvalue weighted by atomic mass is 10.2. The Hall–Kier alpha value is -1.20. The minimum atomic E-state index is -0.757. The number of carbonyl (C=O) groups is 1. The van der Waals surface area contributed by atoms with Crippen LogP contribution in [0.2, 0.25) is 0 Å². The molecular formula is C14H19NO3S. The molecule has 1 aliphatic rings. The molecule has 1 aliphatic carbocycles. The molecule has 0 aliphatic heterocycles. The van der Waals surface area contributed by atoms with Gasteiger partial charge in [0.05, 0.1) is 7.11 Å². The summed E-state index contributed by atoms with van der Waals surface area (Å²) in [6, 6.07) is 7.78. The van der Waals surface area contributed by atoms with Gasteiger partial charge >= 0.3 is 5.97 Å². The summed E-state index contributed by atoms with van der Waals surface area (Å²) in [5, 5.41) is 12.3. The van der Waals surface area contributed by atoms with Crippen molar-refractivity contribution >= 4 is 17.7 Å². The highest BCUT2D eigenvalue weighted by molar-refractivity contribution is 7.99. The van der Waals surface area contributed by atoms with Gasteiger partial charge in [0.1, 0.15) is 11.8 Å². The SMILES string of the molecule is COc1ccccc1SCCC(NC1CC1)C(=O)O. The van der Waals surface area contributed by atoms with Crippen LogP contribution in [0.5, 0.6) is 5.75 Å². The first kappa shape index (κ1) is 14.2. The average molecular weight is 281 g/mol. The molecule has 4 nitrogen and oxygen atoms in total. The van der Waals surface area contributed by atoms with E-state index in [0.717, 1.165) is 29.2 Å². The van der Waals surface area contributed by atoms with Gasteiger partial charge in [0.25, 0.3) is 0 Å². The van der Waals surface area contributed by atoms with Gasteiger partial charge in [-0.2, -0.15) is 0 Å². The number of thioether (sulfide) groups is 1. The maximum absolute atomic E-state index is 11.1. The zero-order chi connectivity index (χ0) is 13.7. The summed E-state index contributed by atoms with van der Waals surface area (Å²) in [7, 11) is 1.65. The topological polar surface area (TPSA) is 58.6 Å². The first-order chi connectivity index (χ1) is 9.20. The van der Waals surface area contributed by atoms with Gasteiger partial charge in [-0.15, -0.1) is 11.8 Å². The predicted octanol–water partition coefficient (Wildman–Crippen LogP) is 2.38. The maximum Gasteiger partial charge on any atom is 0.320 e. The van der Waals surface area contributed by atoms with Crippen LogP contribution < -0.4 is 10.1 Å². The number of hydrogen-bond acceptors (Lipinski definition) is 4. The number of methoxy groups -OCH3 is 1. The highest BCUT2D eigenvalue weighted by Gasteiger charge is 2.27. The van der Waals surface area contributed by atoms with Crippen molar-refractivity contribution in [1.29, 1.82) is 0 Å². The molecule has 1 aromatic carbocycles. The van der Waals surface area contributed by atoms with Crippen LogP contribution in [-0.4, -0.2) is 36.0 Å². The Morgan fingerprint density at radius 1 is 1.53 bits per heavy atom. The standard InChI is InChI=1S/C14H19NO3S/c1-18-12-4-2-3-5-13(12)19-9-8-11(14(16)17)15-10-6-7-10/h2-5,10-11,15H,6-9H2,1H3,(H,16,17). The van der Waals surface area contributed by atoms with Gasteiger partial charge in [0, 0.05) is 16.7 Å². The number of ether oxygens (including phenoxy) is 1. The smallest absolute Gasteiger partial charge is 0.320 e. The molecule has 2 rings (SSSR count). The second-order valence-electron chi connectivity index (χ2n) is 4.62. The number of benzene rings is 1. The highest BCUT2D eigenvalue weighted by atomic mass is 32.2. The van der Waals surface area contributed by atoms with Crippen molar-refractivity contribution in [2.75, 3.05) is 12.9 Å². The van der Waals surface area contributed by atoms with Crippen molar-refractivity contribution < 1.29 is 14.6 Å². The molecule has 1 unspecified atom stereocenters. The van der Waals surface area contributed by atoms with E-state index in [4.69, 9.17) is 9.84 Å². The molecule has 19 heavy (non-hydrogen) atoms. The van der Waals surface area contributed by atoms with E-state index in [9.17, 15) is 4.79 Å². The van der Waals surface area contributed by atoms with Crippen LogP contribution in [0.3, 0.4) is 0 Å². The van der Waals surface area contributed by atoms with Crippen LogP contribution in [0, 0.1) is 0 Å². The summed E-state index contributed by atoms with van der Waals surface area (Å²) in [6.07, 6.45) is 2.82. The van der Waals surface area contributed by atoms with Crippen molar-refractivity contribution in [2.45, 2.75) is 36.2 Å². The van der Waals surface area contributed by atoms with E-state index in [1.165, 1.54) is 0 Å². The number of rotatable bonds is 8. The largest absolute Gasteiger partial charge is 0.496 e. The Bertz CT molecular complexity index is 434. The molecule has 0 amide bonds. The van der Waals surface area contributed by atoms with E-state index < -0.39 is 12.0 Å². The second kappa shape index (κ2) is 6.82. The number of carboxylic acid groups (broad SMARTS) is 1. The van der Waals surface area contributed by atoms with Crippen LogP contribution >= 0.6 is 11.8 Å². The molecule has 0 radical (unpaired) electrons. The van der Waals surface area contributed by atoms with Gasteiger partial charge in [-0.05, 0) is 31.4 Å². The number of aliphatic carboxylic acids is 1. The summed E-state index contributed by atoms with van der Waals surface area (Å²) in [5.74, 6) is 0.846. The van der Waals surface area contributed by atoms with Crippen LogP contribution in [0.25, 0.3) is 0 Å². The minimum absolute atomic E-state index is 0.414. The van der Waals surface area contributed by atoms with Gasteiger partial charge in [-0.25, -0.2) is 0 Å². The van der Waals surface area contributed by atoms with Crippen molar-refractivity contribution in [1.82, 2.24) is 5.32 Å². The molecule has 104 valence electrons. The van der Waals surface area contributed by atoms with E-state index in [-0.39, 0.29) is 0 Å². The lowest BCUT2D eigenvalue weighted by molar-refractivity contribution is -0.139. The third kappa shape index (κ3) is 4.44. The highest BCUT2D eigenvalue weighted by Crippen LogP contribution is 2.29. The molecule has 2 N–H and O–H groups in total. The zero-order valence-electron chi connectivity index (χ0n) is 11.0. The molecular weight excluding hydrogens is 262 g/mol. The molecule has 1 atom stereocenters. The van der Waals surface area contributed by atoms with Gasteiger partial charge in [0.2, 0.25) is 0 Å². The second-order valence-corrected chi connectivity index (χ2v) is 5.76. The molecule has 0 heterocycles. The Morgan fingerprint density at radius 3 is 2.89 bits per heavy atom. The molecule has 0 saturated heterocycles. The van der Waals surface area contributed by atoms with E-state index >= 15 is 0 Å². The minimum Gasteiger partial charge on any atom is -0.496 e. The number of nitrogens with one attached hydrogen (secondary N) is 1. The van der Waals surface area contributed by atoms with Crippen molar-refractivity contribution in [3.8, 4) is 5.75 Å². The third-order valence-electron chi connectivity index (χ3n) is 3.05. The van der Waals surface area contributed by atoms with Gasteiger partial charge in [0.15, 0.2) is 0 Å². The van der Waals surface area contributed by atoms with Gasteiger partial charge in [-0.3, -0.25) is 4.79 Å². The summed E-state index contributed by atoms with van der Waals surface area (Å²) in [4.78, 5) is 12.2. The average Bonchev–Trinajstić information content (AvgIpc) is 3.22. The monoisotopic (exact) mass is 281 g/mol. The Kier molecular flexibility index (Phi) is 5.10. The van der Waals surface area contributed by atoms with Crippen LogP contribution in [-0.2, 0) is 4.79 Å². The third-order valence-corrected chi connectivity index (χ3v) is 4.13. The maximum atomic E-state index is 11.1. The first-order valence-corrected chi connectivity index (χ1v) is 7.44. The summed E-state index contributed by atoms with van der Waals surface area (Å²) in [6.45, 7) is 0. The van der Waals surface area contributed by atoms with Gasteiger partial charge < -0.3 is 15.2 Å². The number of hydrogen-bond donors (Lipinski definition) is 2. The first-order valence-electron chi connectivity index (χ1n) is 6.45. The molecule has 1 fully saturated rings. The van der Waals surface area contributed by atoms with Crippen LogP contribution in [0.15, 0.2) is 29.2 Å². The van der Waals surface area contributed by atoms with E-state index in [2.05, 4.69) is 5.32 Å².